The van der Waals surface area contributed by atoms with Crippen LogP contribution < -0.4 is 5.43 Å². The quantitative estimate of drug-likeness (QED) is 0.711. The first-order valence-corrected chi connectivity index (χ1v) is 5.65. The second-order valence-corrected chi connectivity index (χ2v) is 4.67. The zero-order chi connectivity index (χ0) is 11.0. The molecule has 2 heteroatoms. The minimum atomic E-state index is 0.0972. The molecule has 0 saturated heterocycles. The van der Waals surface area contributed by atoms with Crippen molar-refractivity contribution < 1.29 is 0 Å². The molecule has 1 heterocycles. The lowest BCUT2D eigenvalue weighted by molar-refractivity contribution is 1.49. The predicted octanol–water partition coefficient (Wildman–Crippen LogP) is 3.60. The largest absolute Gasteiger partial charge is 0.289 e. The molecule has 0 saturated carbocycles. The molecule has 1 aromatic heterocycles. The van der Waals surface area contributed by atoms with Gasteiger partial charge in [0.05, 0.1) is 0 Å². The Labute approximate surface area is 92.7 Å². The van der Waals surface area contributed by atoms with Gasteiger partial charge in [0.15, 0.2) is 5.43 Å². The summed E-state index contributed by atoms with van der Waals surface area (Å²) in [5, 5.41) is 2.70. The summed E-state index contributed by atoms with van der Waals surface area (Å²) in [4.78, 5) is 12.1. The standard InChI is InChI=1S/C13H12OS/c1-8(2)11-7-15-12-5-4-9(3)6-10(12)13(11)14/h4-7H,1H2,2-3H3. The highest BCUT2D eigenvalue weighted by molar-refractivity contribution is 7.16. The lowest BCUT2D eigenvalue weighted by Crippen LogP contribution is -2.05. The smallest absolute Gasteiger partial charge is 0.195 e. The highest BCUT2D eigenvalue weighted by Gasteiger charge is 2.05. The summed E-state index contributed by atoms with van der Waals surface area (Å²) in [7, 11) is 0. The number of rotatable bonds is 1. The number of aryl methyl sites for hydroxylation is 1. The van der Waals surface area contributed by atoms with Gasteiger partial charge in [-0.3, -0.25) is 4.79 Å². The predicted molar refractivity (Wildman–Crippen MR) is 67.5 cm³/mol. The van der Waals surface area contributed by atoms with Crippen LogP contribution in [0.2, 0.25) is 0 Å². The Morgan fingerprint density at radius 2 is 2.13 bits per heavy atom. The van der Waals surface area contributed by atoms with Gasteiger partial charge in [-0.05, 0) is 31.6 Å². The molecule has 2 aromatic rings. The molecule has 0 radical (unpaired) electrons. The Hall–Kier alpha value is -1.41. The molecule has 1 aromatic carbocycles. The molecule has 1 nitrogen and oxygen atoms in total. The van der Waals surface area contributed by atoms with E-state index < -0.39 is 0 Å². The molecule has 76 valence electrons. The summed E-state index contributed by atoms with van der Waals surface area (Å²) >= 11 is 1.59. The zero-order valence-corrected chi connectivity index (χ0v) is 9.65. The van der Waals surface area contributed by atoms with Gasteiger partial charge in [0, 0.05) is 21.0 Å². The zero-order valence-electron chi connectivity index (χ0n) is 8.83. The van der Waals surface area contributed by atoms with E-state index in [9.17, 15) is 4.79 Å². The van der Waals surface area contributed by atoms with Crippen LogP contribution in [-0.4, -0.2) is 0 Å². The first kappa shape index (κ1) is 10.1. The van der Waals surface area contributed by atoms with Crippen LogP contribution in [0.5, 0.6) is 0 Å². The molecule has 0 fully saturated rings. The monoisotopic (exact) mass is 216 g/mol. The first-order chi connectivity index (χ1) is 7.09. The summed E-state index contributed by atoms with van der Waals surface area (Å²) < 4.78 is 1.04. The number of allylic oxidation sites excluding steroid dienone is 1. The summed E-state index contributed by atoms with van der Waals surface area (Å²) in [5.74, 6) is 0. The Kier molecular flexibility index (Phi) is 2.45. The third kappa shape index (κ3) is 1.73. The Morgan fingerprint density at radius 3 is 2.80 bits per heavy atom. The van der Waals surface area contributed by atoms with E-state index in [1.807, 2.05) is 37.4 Å². The number of fused-ring (bicyclic) bond motifs is 1. The van der Waals surface area contributed by atoms with Crippen molar-refractivity contribution in [1.82, 2.24) is 0 Å². The fourth-order valence-corrected chi connectivity index (χ4v) is 2.52. The van der Waals surface area contributed by atoms with Crippen molar-refractivity contribution >= 4 is 27.0 Å². The fraction of sp³-hybridized carbons (Fsp3) is 0.154. The van der Waals surface area contributed by atoms with Gasteiger partial charge in [-0.1, -0.05) is 18.2 Å². The second-order valence-electron chi connectivity index (χ2n) is 3.76. The summed E-state index contributed by atoms with van der Waals surface area (Å²) in [5.41, 5.74) is 2.78. The van der Waals surface area contributed by atoms with Crippen molar-refractivity contribution in [2.75, 3.05) is 0 Å². The number of hydrogen-bond acceptors (Lipinski definition) is 2. The van der Waals surface area contributed by atoms with Crippen molar-refractivity contribution in [3.63, 3.8) is 0 Å². The van der Waals surface area contributed by atoms with Crippen LogP contribution in [0, 0.1) is 6.92 Å². The molecule has 0 bridgehead atoms. The van der Waals surface area contributed by atoms with Crippen molar-refractivity contribution in [3.8, 4) is 0 Å². The van der Waals surface area contributed by atoms with Crippen LogP contribution in [0.4, 0.5) is 0 Å². The molecular weight excluding hydrogens is 204 g/mol. The molecule has 0 atom stereocenters. The maximum atomic E-state index is 12.1. The van der Waals surface area contributed by atoms with E-state index >= 15 is 0 Å². The van der Waals surface area contributed by atoms with E-state index in [0.717, 1.165) is 26.8 Å². The van der Waals surface area contributed by atoms with Crippen LogP contribution in [0.25, 0.3) is 15.7 Å². The topological polar surface area (TPSA) is 17.1 Å². The minimum Gasteiger partial charge on any atom is -0.289 e. The van der Waals surface area contributed by atoms with Gasteiger partial charge in [-0.15, -0.1) is 11.3 Å². The maximum absolute atomic E-state index is 12.1. The molecule has 0 N–H and O–H groups in total. The molecule has 0 aliphatic heterocycles. The molecule has 0 aliphatic rings. The number of benzene rings is 1. The van der Waals surface area contributed by atoms with E-state index in [2.05, 4.69) is 6.58 Å². The normalized spacial score (nSPS) is 10.5. The van der Waals surface area contributed by atoms with E-state index in [-0.39, 0.29) is 5.43 Å². The maximum Gasteiger partial charge on any atom is 0.195 e. The van der Waals surface area contributed by atoms with Crippen LogP contribution in [0.1, 0.15) is 18.1 Å². The van der Waals surface area contributed by atoms with Crippen LogP contribution in [0.15, 0.2) is 35.0 Å². The third-order valence-corrected chi connectivity index (χ3v) is 3.35. The molecule has 0 amide bonds. The average molecular weight is 216 g/mol. The van der Waals surface area contributed by atoms with Crippen molar-refractivity contribution in [2.24, 2.45) is 0 Å². The fourth-order valence-electron chi connectivity index (χ4n) is 1.54. The van der Waals surface area contributed by atoms with Crippen LogP contribution >= 0.6 is 11.3 Å². The van der Waals surface area contributed by atoms with Crippen LogP contribution in [-0.2, 0) is 0 Å². The molecule has 2 rings (SSSR count). The van der Waals surface area contributed by atoms with Gasteiger partial charge < -0.3 is 0 Å². The lowest BCUT2D eigenvalue weighted by atomic mass is 10.1. The van der Waals surface area contributed by atoms with Gasteiger partial charge in [-0.2, -0.15) is 0 Å². The minimum absolute atomic E-state index is 0.0972. The summed E-state index contributed by atoms with van der Waals surface area (Å²) in [6.07, 6.45) is 0. The SMILES string of the molecule is C=C(C)c1csc2ccc(C)cc2c1=O. The summed E-state index contributed by atoms with van der Waals surface area (Å²) in [6, 6.07) is 5.97. The summed E-state index contributed by atoms with van der Waals surface area (Å²) in [6.45, 7) is 7.69. The van der Waals surface area contributed by atoms with Crippen LogP contribution in [0.3, 0.4) is 0 Å². The second kappa shape index (κ2) is 3.63. The molecule has 0 spiro atoms. The van der Waals surface area contributed by atoms with Gasteiger partial charge >= 0.3 is 0 Å². The van der Waals surface area contributed by atoms with E-state index in [4.69, 9.17) is 0 Å². The highest BCUT2D eigenvalue weighted by atomic mass is 32.1. The van der Waals surface area contributed by atoms with E-state index in [1.165, 1.54) is 0 Å². The van der Waals surface area contributed by atoms with Gasteiger partial charge in [-0.25, -0.2) is 0 Å². The number of hydrogen-bond donors (Lipinski definition) is 0. The Balaban J connectivity index is 2.89. The average Bonchev–Trinajstić information content (AvgIpc) is 2.19. The Bertz CT molecular complexity index is 593. The van der Waals surface area contributed by atoms with E-state index in [1.54, 1.807) is 11.3 Å². The van der Waals surface area contributed by atoms with Crippen molar-refractivity contribution in [3.05, 3.63) is 51.5 Å². The third-order valence-electron chi connectivity index (χ3n) is 2.39. The molecular formula is C13H12OS. The van der Waals surface area contributed by atoms with Gasteiger partial charge in [0.2, 0.25) is 0 Å². The molecule has 0 unspecified atom stereocenters. The highest BCUT2D eigenvalue weighted by Crippen LogP contribution is 2.20. The van der Waals surface area contributed by atoms with Crippen molar-refractivity contribution in [1.29, 1.82) is 0 Å². The van der Waals surface area contributed by atoms with E-state index in [0.29, 0.717) is 0 Å². The molecule has 15 heavy (non-hydrogen) atoms. The van der Waals surface area contributed by atoms with Crippen molar-refractivity contribution in [2.45, 2.75) is 13.8 Å². The molecule has 0 aliphatic carbocycles. The van der Waals surface area contributed by atoms with Gasteiger partial charge in [0.1, 0.15) is 0 Å². The lowest BCUT2D eigenvalue weighted by Gasteiger charge is -2.01. The Morgan fingerprint density at radius 1 is 1.40 bits per heavy atom. The first-order valence-electron chi connectivity index (χ1n) is 4.77. The van der Waals surface area contributed by atoms with Gasteiger partial charge in [0.25, 0.3) is 0 Å².